The lowest BCUT2D eigenvalue weighted by atomic mass is 9.75. The summed E-state index contributed by atoms with van der Waals surface area (Å²) in [4.78, 5) is 23.3. The van der Waals surface area contributed by atoms with Crippen molar-refractivity contribution in [2.24, 2.45) is 5.92 Å². The van der Waals surface area contributed by atoms with Crippen LogP contribution in [0.4, 0.5) is 0 Å². The van der Waals surface area contributed by atoms with E-state index in [0.29, 0.717) is 23.3 Å². The number of ketones is 1. The van der Waals surface area contributed by atoms with Gasteiger partial charge >= 0.3 is 5.97 Å². The van der Waals surface area contributed by atoms with Crippen LogP contribution in [-0.4, -0.2) is 29.1 Å². The summed E-state index contributed by atoms with van der Waals surface area (Å²) in [5, 5.41) is 19.5. The van der Waals surface area contributed by atoms with Crippen LogP contribution in [0.1, 0.15) is 36.3 Å². The fourth-order valence-corrected chi connectivity index (χ4v) is 4.13. The lowest BCUT2D eigenvalue weighted by molar-refractivity contribution is -0.138. The molecule has 1 aromatic carbocycles. The van der Waals surface area contributed by atoms with E-state index in [9.17, 15) is 14.7 Å². The quantitative estimate of drug-likeness (QED) is 0.857. The Morgan fingerprint density at radius 3 is 2.82 bits per heavy atom. The molecule has 3 rings (SSSR count). The third kappa shape index (κ3) is 2.22. The van der Waals surface area contributed by atoms with Crippen LogP contribution in [0.5, 0.6) is 5.75 Å². The number of benzene rings is 1. The Morgan fingerprint density at radius 2 is 2.18 bits per heavy atom. The molecule has 0 heterocycles. The highest BCUT2D eigenvalue weighted by Gasteiger charge is 2.43. The number of hydrogen-bond acceptors (Lipinski definition) is 4. The van der Waals surface area contributed by atoms with E-state index >= 15 is 0 Å². The molecule has 0 unspecified atom stereocenters. The Kier molecular flexibility index (Phi) is 3.72. The summed E-state index contributed by atoms with van der Waals surface area (Å²) in [6.45, 7) is 0. The summed E-state index contributed by atoms with van der Waals surface area (Å²) in [5.41, 5.74) is 1.75. The molecule has 5 nitrogen and oxygen atoms in total. The fraction of sp³-hybridized carbons (Fsp3) is 0.375. The minimum atomic E-state index is -0.905. The van der Waals surface area contributed by atoms with Crippen LogP contribution >= 0.6 is 15.9 Å². The molecule has 2 N–H and O–H groups in total. The van der Waals surface area contributed by atoms with Crippen molar-refractivity contribution < 1.29 is 24.5 Å². The molecule has 2 aliphatic carbocycles. The van der Waals surface area contributed by atoms with Crippen molar-refractivity contribution in [1.29, 1.82) is 0 Å². The molecule has 0 radical (unpaired) electrons. The van der Waals surface area contributed by atoms with E-state index in [2.05, 4.69) is 15.9 Å². The van der Waals surface area contributed by atoms with Crippen molar-refractivity contribution in [3.63, 3.8) is 0 Å². The van der Waals surface area contributed by atoms with Gasteiger partial charge in [-0.2, -0.15) is 0 Å². The molecule has 0 aromatic heterocycles. The molecule has 0 bridgehead atoms. The molecule has 0 aliphatic heterocycles. The Labute approximate surface area is 135 Å². The average Bonchev–Trinajstić information content (AvgIpc) is 2.74. The third-order valence-electron chi connectivity index (χ3n) is 4.37. The van der Waals surface area contributed by atoms with Gasteiger partial charge < -0.3 is 14.9 Å². The minimum Gasteiger partial charge on any atom is -0.507 e. The van der Waals surface area contributed by atoms with E-state index in [1.165, 1.54) is 7.11 Å². The number of aliphatic carboxylic acids is 1. The van der Waals surface area contributed by atoms with Gasteiger partial charge in [0.25, 0.3) is 0 Å². The van der Waals surface area contributed by atoms with Crippen molar-refractivity contribution in [2.75, 3.05) is 7.11 Å². The first-order chi connectivity index (χ1) is 10.4. The second-order valence-electron chi connectivity index (χ2n) is 5.68. The first kappa shape index (κ1) is 15.1. The number of aliphatic hydroxyl groups is 1. The molecular weight excluding hydrogens is 352 g/mol. The lowest BCUT2D eigenvalue weighted by Gasteiger charge is -2.27. The molecule has 1 aromatic rings. The Morgan fingerprint density at radius 1 is 1.45 bits per heavy atom. The maximum Gasteiger partial charge on any atom is 0.303 e. The van der Waals surface area contributed by atoms with E-state index in [4.69, 9.17) is 9.84 Å². The van der Waals surface area contributed by atoms with Crippen LogP contribution in [0, 0.1) is 5.92 Å². The first-order valence-corrected chi connectivity index (χ1v) is 7.78. The molecule has 1 fully saturated rings. The number of allylic oxidation sites excluding steroid dienone is 1. The second kappa shape index (κ2) is 5.43. The lowest BCUT2D eigenvalue weighted by Crippen LogP contribution is -2.25. The number of rotatable bonds is 3. The van der Waals surface area contributed by atoms with Gasteiger partial charge in [-0.05, 0) is 30.0 Å². The smallest absolute Gasteiger partial charge is 0.303 e. The predicted molar refractivity (Wildman–Crippen MR) is 83.0 cm³/mol. The van der Waals surface area contributed by atoms with Gasteiger partial charge in [-0.15, -0.1) is 0 Å². The van der Waals surface area contributed by atoms with Gasteiger partial charge in [-0.1, -0.05) is 15.9 Å². The first-order valence-electron chi connectivity index (χ1n) is 6.98. The maximum atomic E-state index is 12.4. The number of carbonyl (C=O) groups excluding carboxylic acids is 1. The highest BCUT2D eigenvalue weighted by molar-refractivity contribution is 9.10. The number of carboxylic acids is 1. The van der Waals surface area contributed by atoms with Crippen LogP contribution in [0.2, 0.25) is 0 Å². The van der Waals surface area contributed by atoms with E-state index in [1.54, 1.807) is 6.07 Å². The van der Waals surface area contributed by atoms with Crippen LogP contribution in [0.15, 0.2) is 22.2 Å². The van der Waals surface area contributed by atoms with E-state index in [0.717, 1.165) is 10.0 Å². The molecule has 0 amide bonds. The highest BCUT2D eigenvalue weighted by atomic mass is 79.9. The van der Waals surface area contributed by atoms with E-state index < -0.39 is 5.97 Å². The largest absolute Gasteiger partial charge is 0.507 e. The van der Waals surface area contributed by atoms with Crippen molar-refractivity contribution >= 4 is 33.4 Å². The van der Waals surface area contributed by atoms with Gasteiger partial charge in [0, 0.05) is 28.8 Å². The summed E-state index contributed by atoms with van der Waals surface area (Å²) in [5.74, 6) is -1.08. The van der Waals surface area contributed by atoms with Crippen LogP contribution in [0.25, 0.3) is 5.76 Å². The number of aliphatic hydroxyl groups excluding tert-OH is 1. The number of hydrogen-bond donors (Lipinski definition) is 2. The molecule has 6 heteroatoms. The van der Waals surface area contributed by atoms with E-state index in [-0.39, 0.29) is 36.2 Å². The molecule has 2 atom stereocenters. The Hall–Kier alpha value is -1.82. The standard InChI is InChI=1S/C16H15BrO5/c1-22-11-3-2-9(17)13-8-4-7(6-12(19)20)5-10(18)14(8)16(21)15(11)13/h2-3,7-8,21H,4-6H2,1H3,(H,19,20)/t7-,8+/m0/s1. The van der Waals surface area contributed by atoms with Crippen molar-refractivity contribution in [2.45, 2.75) is 25.2 Å². The molecule has 22 heavy (non-hydrogen) atoms. The molecule has 1 saturated carbocycles. The summed E-state index contributed by atoms with van der Waals surface area (Å²) in [7, 11) is 1.51. The topological polar surface area (TPSA) is 83.8 Å². The van der Waals surface area contributed by atoms with Gasteiger partial charge in [0.05, 0.1) is 12.7 Å². The van der Waals surface area contributed by atoms with Crippen molar-refractivity contribution in [3.05, 3.63) is 33.3 Å². The highest BCUT2D eigenvalue weighted by Crippen LogP contribution is 2.53. The number of fused-ring (bicyclic) bond motifs is 3. The molecular formula is C16H15BrO5. The zero-order valence-electron chi connectivity index (χ0n) is 11.9. The van der Waals surface area contributed by atoms with E-state index in [1.807, 2.05) is 6.07 Å². The Bertz CT molecular complexity index is 707. The zero-order chi connectivity index (χ0) is 16.0. The zero-order valence-corrected chi connectivity index (χ0v) is 13.5. The van der Waals surface area contributed by atoms with Gasteiger partial charge in [0.1, 0.15) is 11.5 Å². The minimum absolute atomic E-state index is 0.0306. The molecule has 0 spiro atoms. The monoisotopic (exact) mass is 366 g/mol. The summed E-state index contributed by atoms with van der Waals surface area (Å²) >= 11 is 3.47. The normalized spacial score (nSPS) is 23.3. The second-order valence-corrected chi connectivity index (χ2v) is 6.53. The third-order valence-corrected chi connectivity index (χ3v) is 5.06. The summed E-state index contributed by atoms with van der Waals surface area (Å²) in [6.07, 6.45) is 0.666. The van der Waals surface area contributed by atoms with Gasteiger partial charge in [0.2, 0.25) is 0 Å². The predicted octanol–water partition coefficient (Wildman–Crippen LogP) is 3.28. The number of halogens is 1. The number of methoxy groups -OCH3 is 1. The summed E-state index contributed by atoms with van der Waals surface area (Å²) < 4.78 is 6.09. The maximum absolute atomic E-state index is 12.4. The van der Waals surface area contributed by atoms with Gasteiger partial charge in [-0.3, -0.25) is 9.59 Å². The SMILES string of the molecule is COc1ccc(Br)c2c1C(O)=C1C(=O)C[C@@H](CC(=O)O)C[C@@H]12. The molecule has 2 aliphatic rings. The fourth-order valence-electron chi connectivity index (χ4n) is 3.53. The number of carboxylic acid groups (broad SMARTS) is 1. The Balaban J connectivity index is 2.10. The molecule has 0 saturated heterocycles. The van der Waals surface area contributed by atoms with Crippen molar-refractivity contribution in [1.82, 2.24) is 0 Å². The number of Topliss-reactive ketones (excluding diaryl/α,β-unsaturated/α-hetero) is 1. The molecule has 116 valence electrons. The van der Waals surface area contributed by atoms with Crippen LogP contribution in [0.3, 0.4) is 0 Å². The number of ether oxygens (including phenoxy) is 1. The average molecular weight is 367 g/mol. The van der Waals surface area contributed by atoms with Gasteiger partial charge in [-0.25, -0.2) is 0 Å². The number of carbonyl (C=O) groups is 2. The van der Waals surface area contributed by atoms with Gasteiger partial charge in [0.15, 0.2) is 5.78 Å². The summed E-state index contributed by atoms with van der Waals surface area (Å²) in [6, 6.07) is 3.55. The van der Waals surface area contributed by atoms with Crippen molar-refractivity contribution in [3.8, 4) is 5.75 Å². The van der Waals surface area contributed by atoms with Crippen LogP contribution < -0.4 is 4.74 Å². The van der Waals surface area contributed by atoms with Crippen LogP contribution in [-0.2, 0) is 9.59 Å².